The number of halogens is 1. The van der Waals surface area contributed by atoms with E-state index >= 15 is 0 Å². The average Bonchev–Trinajstić information content (AvgIpc) is 2.05. The van der Waals surface area contributed by atoms with Crippen LogP contribution >= 0.6 is 0 Å². The van der Waals surface area contributed by atoms with Crippen molar-refractivity contribution in [1.29, 1.82) is 0 Å². The minimum atomic E-state index is -0.226. The number of aliphatic hydroxyl groups excluding tert-OH is 1. The number of aryl methyl sites for hydroxylation is 1. The molecule has 0 saturated heterocycles. The van der Waals surface area contributed by atoms with E-state index < -0.39 is 0 Å². The van der Waals surface area contributed by atoms with Crippen LogP contribution in [0.15, 0.2) is 18.2 Å². The first kappa shape index (κ1) is 9.20. The van der Waals surface area contributed by atoms with Crippen molar-refractivity contribution in [2.45, 2.75) is 19.8 Å². The van der Waals surface area contributed by atoms with E-state index in [1.54, 1.807) is 6.07 Å². The van der Waals surface area contributed by atoms with Crippen LogP contribution < -0.4 is 0 Å². The molecule has 1 nitrogen and oxygen atoms in total. The summed E-state index contributed by atoms with van der Waals surface area (Å²) in [6.45, 7) is 2.10. The summed E-state index contributed by atoms with van der Waals surface area (Å²) in [5, 5.41) is 8.71. The molecule has 0 saturated carbocycles. The number of hydrogen-bond donors (Lipinski definition) is 1. The number of rotatable bonds is 3. The Morgan fingerprint density at radius 1 is 1.33 bits per heavy atom. The van der Waals surface area contributed by atoms with E-state index in [1.807, 2.05) is 6.92 Å². The van der Waals surface area contributed by atoms with Crippen LogP contribution in [0.4, 0.5) is 4.39 Å². The van der Waals surface area contributed by atoms with Crippen LogP contribution in [0.25, 0.3) is 0 Å². The highest BCUT2D eigenvalue weighted by Gasteiger charge is 2.01. The summed E-state index contributed by atoms with van der Waals surface area (Å²) in [6.07, 6.45) is 1.43. The fourth-order valence-electron chi connectivity index (χ4n) is 1.29. The van der Waals surface area contributed by atoms with Crippen molar-refractivity contribution in [3.8, 4) is 0 Å². The highest BCUT2D eigenvalue weighted by atomic mass is 19.1. The van der Waals surface area contributed by atoms with Gasteiger partial charge < -0.3 is 5.11 Å². The topological polar surface area (TPSA) is 20.2 Å². The van der Waals surface area contributed by atoms with Crippen molar-refractivity contribution in [3.05, 3.63) is 35.1 Å². The molecule has 0 amide bonds. The van der Waals surface area contributed by atoms with E-state index in [0.29, 0.717) is 6.42 Å². The molecule has 1 rings (SSSR count). The van der Waals surface area contributed by atoms with E-state index in [2.05, 4.69) is 0 Å². The molecule has 0 aliphatic carbocycles. The zero-order chi connectivity index (χ0) is 8.97. The summed E-state index contributed by atoms with van der Waals surface area (Å²) in [7, 11) is 0. The molecule has 0 aliphatic rings. The second kappa shape index (κ2) is 4.21. The number of aliphatic hydroxyl groups is 1. The Morgan fingerprint density at radius 3 is 2.67 bits per heavy atom. The molecule has 0 spiro atoms. The van der Waals surface area contributed by atoms with Gasteiger partial charge in [0.05, 0.1) is 0 Å². The van der Waals surface area contributed by atoms with Crippen molar-refractivity contribution in [3.63, 3.8) is 0 Å². The van der Waals surface area contributed by atoms with Gasteiger partial charge in [0.15, 0.2) is 0 Å². The lowest BCUT2D eigenvalue weighted by Crippen LogP contribution is -1.97. The van der Waals surface area contributed by atoms with Crippen molar-refractivity contribution >= 4 is 0 Å². The Morgan fingerprint density at radius 2 is 2.08 bits per heavy atom. The highest BCUT2D eigenvalue weighted by molar-refractivity contribution is 5.28. The van der Waals surface area contributed by atoms with Crippen molar-refractivity contribution in [2.75, 3.05) is 6.61 Å². The molecule has 0 radical (unpaired) electrons. The lowest BCUT2D eigenvalue weighted by molar-refractivity contribution is 0.299. The monoisotopic (exact) mass is 168 g/mol. The Bertz CT molecular complexity index is 258. The van der Waals surface area contributed by atoms with Crippen LogP contribution in [0, 0.1) is 5.82 Å². The Labute approximate surface area is 71.9 Å². The van der Waals surface area contributed by atoms with Gasteiger partial charge in [-0.1, -0.05) is 13.0 Å². The largest absolute Gasteiger partial charge is 0.396 e. The van der Waals surface area contributed by atoms with E-state index in [9.17, 15) is 4.39 Å². The Kier molecular flexibility index (Phi) is 3.23. The second-order valence-electron chi connectivity index (χ2n) is 2.74. The minimum absolute atomic E-state index is 0.0798. The molecule has 1 aromatic carbocycles. The van der Waals surface area contributed by atoms with Gasteiger partial charge in [0.1, 0.15) is 5.82 Å². The van der Waals surface area contributed by atoms with Gasteiger partial charge in [-0.3, -0.25) is 0 Å². The van der Waals surface area contributed by atoms with Crippen LogP contribution in [-0.2, 0) is 12.8 Å². The highest BCUT2D eigenvalue weighted by Crippen LogP contribution is 2.12. The van der Waals surface area contributed by atoms with Gasteiger partial charge in [0.25, 0.3) is 0 Å². The van der Waals surface area contributed by atoms with Crippen LogP contribution in [0.2, 0.25) is 0 Å². The van der Waals surface area contributed by atoms with Crippen molar-refractivity contribution < 1.29 is 9.50 Å². The van der Waals surface area contributed by atoms with Crippen molar-refractivity contribution in [1.82, 2.24) is 0 Å². The Balaban J connectivity index is 2.95. The lowest BCUT2D eigenvalue weighted by atomic mass is 10.0. The summed E-state index contributed by atoms with van der Waals surface area (Å²) in [5.74, 6) is -0.226. The molecule has 0 unspecified atom stereocenters. The molecule has 0 aliphatic heterocycles. The molecule has 2 heteroatoms. The predicted octanol–water partition coefficient (Wildman–Crippen LogP) is 1.92. The fourth-order valence-corrected chi connectivity index (χ4v) is 1.29. The zero-order valence-corrected chi connectivity index (χ0v) is 7.18. The van der Waals surface area contributed by atoms with Gasteiger partial charge in [-0.05, 0) is 36.1 Å². The molecule has 0 heterocycles. The molecule has 1 aromatic rings. The first-order chi connectivity index (χ1) is 5.77. The maximum absolute atomic E-state index is 12.7. The fraction of sp³-hybridized carbons (Fsp3) is 0.400. The summed E-state index contributed by atoms with van der Waals surface area (Å²) < 4.78 is 12.7. The molecular formula is C10H13FO. The van der Waals surface area contributed by atoms with E-state index in [1.165, 1.54) is 12.1 Å². The summed E-state index contributed by atoms with van der Waals surface area (Å²) in [6, 6.07) is 4.73. The van der Waals surface area contributed by atoms with E-state index in [-0.39, 0.29) is 12.4 Å². The zero-order valence-electron chi connectivity index (χ0n) is 7.18. The predicted molar refractivity (Wildman–Crippen MR) is 46.6 cm³/mol. The van der Waals surface area contributed by atoms with Gasteiger partial charge in [-0.15, -0.1) is 0 Å². The molecule has 66 valence electrons. The third-order valence-electron chi connectivity index (χ3n) is 1.93. The van der Waals surface area contributed by atoms with Crippen LogP contribution in [0.5, 0.6) is 0 Å². The normalized spacial score (nSPS) is 10.2. The third-order valence-corrected chi connectivity index (χ3v) is 1.93. The second-order valence-corrected chi connectivity index (χ2v) is 2.74. The maximum atomic E-state index is 12.7. The van der Waals surface area contributed by atoms with Gasteiger partial charge in [-0.25, -0.2) is 4.39 Å². The summed E-state index contributed by atoms with van der Waals surface area (Å²) in [5.41, 5.74) is 2.03. The quantitative estimate of drug-likeness (QED) is 0.731. The number of hydrogen-bond acceptors (Lipinski definition) is 1. The SMILES string of the molecule is CCc1ccc(F)cc1CCO. The first-order valence-corrected chi connectivity index (χ1v) is 4.16. The average molecular weight is 168 g/mol. The van der Waals surface area contributed by atoms with E-state index in [0.717, 1.165) is 17.5 Å². The first-order valence-electron chi connectivity index (χ1n) is 4.16. The van der Waals surface area contributed by atoms with Crippen LogP contribution in [-0.4, -0.2) is 11.7 Å². The van der Waals surface area contributed by atoms with Crippen LogP contribution in [0.1, 0.15) is 18.1 Å². The van der Waals surface area contributed by atoms with Gasteiger partial charge >= 0.3 is 0 Å². The number of benzene rings is 1. The summed E-state index contributed by atoms with van der Waals surface area (Å²) >= 11 is 0. The molecule has 12 heavy (non-hydrogen) atoms. The third kappa shape index (κ3) is 2.05. The molecule has 0 bridgehead atoms. The molecule has 1 N–H and O–H groups in total. The lowest BCUT2D eigenvalue weighted by Gasteiger charge is -2.05. The van der Waals surface area contributed by atoms with Gasteiger partial charge in [-0.2, -0.15) is 0 Å². The Hall–Kier alpha value is -0.890. The molecular weight excluding hydrogens is 155 g/mol. The van der Waals surface area contributed by atoms with E-state index in [4.69, 9.17) is 5.11 Å². The van der Waals surface area contributed by atoms with Gasteiger partial charge in [0, 0.05) is 6.61 Å². The molecule has 0 atom stereocenters. The standard InChI is InChI=1S/C10H13FO/c1-2-8-3-4-10(11)7-9(8)5-6-12/h3-4,7,12H,2,5-6H2,1H3. The summed E-state index contributed by atoms with van der Waals surface area (Å²) in [4.78, 5) is 0. The minimum Gasteiger partial charge on any atom is -0.396 e. The molecule has 0 aromatic heterocycles. The van der Waals surface area contributed by atoms with Gasteiger partial charge in [0.2, 0.25) is 0 Å². The maximum Gasteiger partial charge on any atom is 0.123 e. The molecule has 0 fully saturated rings. The van der Waals surface area contributed by atoms with Crippen LogP contribution in [0.3, 0.4) is 0 Å². The van der Waals surface area contributed by atoms with Crippen molar-refractivity contribution in [2.24, 2.45) is 0 Å². The smallest absolute Gasteiger partial charge is 0.123 e.